The zero-order valence-electron chi connectivity index (χ0n) is 16.9. The van der Waals surface area contributed by atoms with Crippen LogP contribution in [0.4, 0.5) is 11.6 Å². The zero-order chi connectivity index (χ0) is 21.3. The van der Waals surface area contributed by atoms with Crippen molar-refractivity contribution in [3.05, 3.63) is 42.4 Å². The highest BCUT2D eigenvalue weighted by Crippen LogP contribution is 2.38. The number of carbonyl (C=O) groups is 1. The number of aliphatic hydroxyl groups excluding tert-OH is 1. The fourth-order valence-corrected chi connectivity index (χ4v) is 3.62. The topological polar surface area (TPSA) is 126 Å². The number of aromatic nitrogens is 3. The van der Waals surface area contributed by atoms with Crippen molar-refractivity contribution in [1.82, 2.24) is 15.0 Å². The Labute approximate surface area is 174 Å². The lowest BCUT2D eigenvalue weighted by Gasteiger charge is -2.12. The third kappa shape index (κ3) is 4.13. The first-order chi connectivity index (χ1) is 14.5. The van der Waals surface area contributed by atoms with Crippen LogP contribution in [0, 0.1) is 11.8 Å². The van der Waals surface area contributed by atoms with E-state index in [0.717, 1.165) is 22.9 Å². The van der Waals surface area contributed by atoms with Crippen LogP contribution in [0.1, 0.15) is 18.9 Å². The summed E-state index contributed by atoms with van der Waals surface area (Å²) in [5.41, 5.74) is 8.60. The van der Waals surface area contributed by atoms with Crippen molar-refractivity contribution in [3.63, 3.8) is 0 Å². The van der Waals surface area contributed by atoms with Crippen molar-refractivity contribution in [2.75, 3.05) is 18.1 Å². The summed E-state index contributed by atoms with van der Waals surface area (Å²) in [4.78, 5) is 29.4. The van der Waals surface area contributed by atoms with Crippen LogP contribution >= 0.6 is 0 Å². The van der Waals surface area contributed by atoms with Crippen LogP contribution in [0.25, 0.3) is 22.0 Å². The van der Waals surface area contributed by atoms with Crippen LogP contribution in [0.3, 0.4) is 0 Å². The summed E-state index contributed by atoms with van der Waals surface area (Å²) in [6.07, 6.45) is 7.65. The van der Waals surface area contributed by atoms with Gasteiger partial charge in [-0.15, -0.1) is 0 Å². The molecule has 3 aromatic heterocycles. The minimum absolute atomic E-state index is 0.0531. The number of aliphatic hydroxyl groups is 1. The third-order valence-corrected chi connectivity index (χ3v) is 5.22. The van der Waals surface area contributed by atoms with Crippen molar-refractivity contribution in [1.29, 1.82) is 0 Å². The van der Waals surface area contributed by atoms with Gasteiger partial charge in [-0.2, -0.15) is 0 Å². The molecule has 4 N–H and O–H groups in total. The average molecular weight is 404 g/mol. The van der Waals surface area contributed by atoms with Gasteiger partial charge in [-0.25, -0.2) is 9.97 Å². The Morgan fingerprint density at radius 3 is 3.03 bits per heavy atom. The number of fused-ring (bicyclic) bond motifs is 1. The lowest BCUT2D eigenvalue weighted by atomic mass is 10.0. The summed E-state index contributed by atoms with van der Waals surface area (Å²) in [5, 5.41) is 14.2. The van der Waals surface area contributed by atoms with E-state index in [0.29, 0.717) is 29.1 Å². The van der Waals surface area contributed by atoms with Gasteiger partial charge in [0.15, 0.2) is 0 Å². The number of nitrogens with one attached hydrogen (secondary N) is 1. The minimum atomic E-state index is -0.487. The Morgan fingerprint density at radius 1 is 1.43 bits per heavy atom. The van der Waals surface area contributed by atoms with Crippen LogP contribution < -0.4 is 11.1 Å². The predicted molar refractivity (Wildman–Crippen MR) is 117 cm³/mol. The molecule has 8 heteroatoms. The number of hydrogen-bond acceptors (Lipinski definition) is 7. The van der Waals surface area contributed by atoms with Gasteiger partial charge in [0.05, 0.1) is 11.8 Å². The molecule has 1 aliphatic carbocycles. The van der Waals surface area contributed by atoms with Crippen molar-refractivity contribution >= 4 is 34.5 Å². The van der Waals surface area contributed by atoms with E-state index in [1.165, 1.54) is 0 Å². The molecular formula is C22H24N6O2. The van der Waals surface area contributed by atoms with Crippen molar-refractivity contribution in [2.45, 2.75) is 25.9 Å². The van der Waals surface area contributed by atoms with Gasteiger partial charge in [0.25, 0.3) is 0 Å². The molecule has 30 heavy (non-hydrogen) atoms. The van der Waals surface area contributed by atoms with Crippen LogP contribution in [0.5, 0.6) is 0 Å². The SMILES string of the molecule is CN=C[C@H]1C[C@@H]1C(=O)Nc1cc2cc(-c3cnccc3CC(C)O)nc(N)c2cn1. The summed E-state index contributed by atoms with van der Waals surface area (Å²) in [7, 11) is 1.71. The number of pyridine rings is 3. The van der Waals surface area contributed by atoms with E-state index < -0.39 is 6.10 Å². The smallest absolute Gasteiger partial charge is 0.229 e. The van der Waals surface area contributed by atoms with Gasteiger partial charge < -0.3 is 21.1 Å². The molecule has 3 heterocycles. The van der Waals surface area contributed by atoms with Gasteiger partial charge in [-0.3, -0.25) is 9.78 Å². The van der Waals surface area contributed by atoms with Crippen LogP contribution in [0.2, 0.25) is 0 Å². The Kier molecular flexibility index (Phi) is 5.41. The average Bonchev–Trinajstić information content (AvgIpc) is 3.47. The van der Waals surface area contributed by atoms with Crippen LogP contribution in [-0.4, -0.2) is 45.3 Å². The number of hydrogen-bond donors (Lipinski definition) is 3. The van der Waals surface area contributed by atoms with Crippen molar-refractivity contribution < 1.29 is 9.90 Å². The summed E-state index contributed by atoms with van der Waals surface area (Å²) >= 11 is 0. The number of nitrogens with two attached hydrogens (primary N) is 1. The second-order valence-electron chi connectivity index (χ2n) is 7.67. The second kappa shape index (κ2) is 8.16. The summed E-state index contributed by atoms with van der Waals surface area (Å²) in [6, 6.07) is 5.56. The highest BCUT2D eigenvalue weighted by Gasteiger charge is 2.41. The quantitative estimate of drug-likeness (QED) is 0.542. The Morgan fingerprint density at radius 2 is 2.27 bits per heavy atom. The standard InChI is InChI=1S/C22H24N6O2/c1-12(29)5-13-3-4-25-10-17(13)19-7-14-8-20(26-11-18(14)21(23)27-19)28-22(30)16-6-15(16)9-24-2/h3-4,7-12,15-16,29H,5-6H2,1-2H3,(H2,23,27)(H,26,28,30)/t12?,15-,16+/m1/s1. The second-order valence-corrected chi connectivity index (χ2v) is 7.67. The maximum Gasteiger partial charge on any atom is 0.229 e. The molecule has 0 bridgehead atoms. The van der Waals surface area contributed by atoms with E-state index in [1.54, 1.807) is 38.6 Å². The summed E-state index contributed by atoms with van der Waals surface area (Å²) in [5.74, 6) is 0.919. The maximum absolute atomic E-state index is 12.4. The van der Waals surface area contributed by atoms with Gasteiger partial charge >= 0.3 is 0 Å². The Bertz CT molecular complexity index is 1130. The van der Waals surface area contributed by atoms with Gasteiger partial charge in [0.2, 0.25) is 5.91 Å². The molecule has 1 aliphatic rings. The number of carbonyl (C=O) groups excluding carboxylic acids is 1. The normalized spacial score (nSPS) is 19.2. The molecule has 0 aliphatic heterocycles. The number of nitrogen functional groups attached to an aromatic ring is 1. The van der Waals surface area contributed by atoms with Crippen LogP contribution in [-0.2, 0) is 11.2 Å². The van der Waals surface area contributed by atoms with E-state index in [9.17, 15) is 9.90 Å². The largest absolute Gasteiger partial charge is 0.393 e. The molecule has 1 saturated carbocycles. The summed E-state index contributed by atoms with van der Waals surface area (Å²) < 4.78 is 0. The fraction of sp³-hybridized carbons (Fsp3) is 0.318. The Hall–Kier alpha value is -3.39. The molecule has 1 amide bonds. The minimum Gasteiger partial charge on any atom is -0.393 e. The highest BCUT2D eigenvalue weighted by atomic mass is 16.3. The zero-order valence-corrected chi connectivity index (χ0v) is 16.9. The van der Waals surface area contributed by atoms with Gasteiger partial charge in [0.1, 0.15) is 11.6 Å². The molecule has 1 fully saturated rings. The van der Waals surface area contributed by atoms with E-state index in [1.807, 2.05) is 18.3 Å². The van der Waals surface area contributed by atoms with E-state index in [-0.39, 0.29) is 17.7 Å². The number of amides is 1. The molecule has 0 aromatic carbocycles. The number of anilines is 2. The molecule has 3 atom stereocenters. The molecule has 0 spiro atoms. The Balaban J connectivity index is 1.65. The van der Waals surface area contributed by atoms with Crippen molar-refractivity contribution in [2.24, 2.45) is 16.8 Å². The molecule has 0 radical (unpaired) electrons. The first-order valence-corrected chi connectivity index (χ1v) is 9.87. The molecule has 154 valence electrons. The van der Waals surface area contributed by atoms with Gasteiger partial charge in [-0.05, 0) is 48.9 Å². The maximum atomic E-state index is 12.4. The van der Waals surface area contributed by atoms with E-state index in [2.05, 4.69) is 25.3 Å². The van der Waals surface area contributed by atoms with E-state index >= 15 is 0 Å². The number of aliphatic imine (C=N–C) groups is 1. The van der Waals surface area contributed by atoms with Gasteiger partial charge in [-0.1, -0.05) is 0 Å². The monoisotopic (exact) mass is 404 g/mol. The number of rotatable bonds is 6. The first kappa shape index (κ1) is 19.9. The summed E-state index contributed by atoms with van der Waals surface area (Å²) in [6.45, 7) is 1.74. The molecule has 1 unspecified atom stereocenters. The predicted octanol–water partition coefficient (Wildman–Crippen LogP) is 2.47. The van der Waals surface area contributed by atoms with Crippen molar-refractivity contribution in [3.8, 4) is 11.3 Å². The van der Waals surface area contributed by atoms with E-state index in [4.69, 9.17) is 5.73 Å². The van der Waals surface area contributed by atoms with Crippen LogP contribution in [0.15, 0.2) is 41.8 Å². The molecule has 8 nitrogen and oxygen atoms in total. The molecule has 4 rings (SSSR count). The molecule has 0 saturated heterocycles. The third-order valence-electron chi connectivity index (χ3n) is 5.22. The lowest BCUT2D eigenvalue weighted by Crippen LogP contribution is -2.16. The van der Waals surface area contributed by atoms with Gasteiger partial charge in [0, 0.05) is 54.6 Å². The first-order valence-electron chi connectivity index (χ1n) is 9.87. The molecular weight excluding hydrogens is 380 g/mol. The molecule has 3 aromatic rings. The fourth-order valence-electron chi connectivity index (χ4n) is 3.62. The highest BCUT2D eigenvalue weighted by molar-refractivity contribution is 5.99. The number of nitrogens with zero attached hydrogens (tertiary/aromatic N) is 4. The lowest BCUT2D eigenvalue weighted by molar-refractivity contribution is -0.117.